The van der Waals surface area contributed by atoms with Gasteiger partial charge in [-0.05, 0) is 35.9 Å². The second-order valence-corrected chi connectivity index (χ2v) is 4.14. The Morgan fingerprint density at radius 1 is 1.00 bits per heavy atom. The van der Waals surface area contributed by atoms with Gasteiger partial charge >= 0.3 is 0 Å². The van der Waals surface area contributed by atoms with Crippen LogP contribution < -0.4 is 5.73 Å². The zero-order valence-electron chi connectivity index (χ0n) is 9.60. The second-order valence-electron chi connectivity index (χ2n) is 4.14. The molecule has 3 aromatic rings. The lowest BCUT2D eigenvalue weighted by Crippen LogP contribution is -1.91. The number of anilines is 1. The van der Waals surface area contributed by atoms with E-state index in [0.29, 0.717) is 11.3 Å². The molecule has 2 N–H and O–H groups in total. The molecule has 0 atom stereocenters. The predicted octanol–water partition coefficient (Wildman–Crippen LogP) is 3.62. The van der Waals surface area contributed by atoms with Gasteiger partial charge in [0.25, 0.3) is 0 Å². The maximum atomic E-state index is 13.3. The van der Waals surface area contributed by atoms with Crippen molar-refractivity contribution in [1.82, 2.24) is 4.98 Å². The summed E-state index contributed by atoms with van der Waals surface area (Å²) in [6.45, 7) is 0. The normalized spacial score (nSPS) is 10.7. The monoisotopic (exact) mass is 238 g/mol. The lowest BCUT2D eigenvalue weighted by atomic mass is 10.0. The molecule has 0 aliphatic rings. The van der Waals surface area contributed by atoms with E-state index in [4.69, 9.17) is 5.73 Å². The third-order valence-electron chi connectivity index (χ3n) is 2.93. The van der Waals surface area contributed by atoms with Crippen molar-refractivity contribution in [1.29, 1.82) is 0 Å². The van der Waals surface area contributed by atoms with E-state index < -0.39 is 0 Å². The van der Waals surface area contributed by atoms with E-state index >= 15 is 0 Å². The molecular weight excluding hydrogens is 227 g/mol. The molecule has 0 bridgehead atoms. The summed E-state index contributed by atoms with van der Waals surface area (Å²) in [5.41, 5.74) is 8.88. The summed E-state index contributed by atoms with van der Waals surface area (Å²) in [4.78, 5) is 4.28. The van der Waals surface area contributed by atoms with Crippen LogP contribution in [0.3, 0.4) is 0 Å². The molecular formula is C15H11FN2. The molecule has 0 aliphatic carbocycles. The molecule has 2 aromatic carbocycles. The molecule has 3 heteroatoms. The molecule has 0 fully saturated rings. The molecule has 0 aliphatic heterocycles. The third kappa shape index (κ3) is 1.80. The van der Waals surface area contributed by atoms with Crippen molar-refractivity contribution < 1.29 is 4.39 Å². The van der Waals surface area contributed by atoms with Crippen LogP contribution in [0, 0.1) is 5.82 Å². The number of rotatable bonds is 1. The Bertz CT molecular complexity index is 723. The number of benzene rings is 2. The van der Waals surface area contributed by atoms with Crippen molar-refractivity contribution in [2.45, 2.75) is 0 Å². The highest BCUT2D eigenvalue weighted by molar-refractivity contribution is 5.86. The molecule has 2 nitrogen and oxygen atoms in total. The number of nitrogens with zero attached hydrogens (tertiary/aromatic N) is 1. The summed E-state index contributed by atoms with van der Waals surface area (Å²) in [7, 11) is 0. The molecule has 0 unspecified atom stereocenters. The Hall–Kier alpha value is -2.42. The van der Waals surface area contributed by atoms with E-state index in [-0.39, 0.29) is 5.82 Å². The minimum atomic E-state index is -0.291. The summed E-state index contributed by atoms with van der Waals surface area (Å²) in [6, 6.07) is 14.1. The van der Waals surface area contributed by atoms with Crippen LogP contribution in [0.25, 0.3) is 22.0 Å². The van der Waals surface area contributed by atoms with Crippen molar-refractivity contribution in [3.8, 4) is 11.1 Å². The first kappa shape index (κ1) is 10.7. The second kappa shape index (κ2) is 4.11. The van der Waals surface area contributed by atoms with Crippen molar-refractivity contribution in [3.63, 3.8) is 0 Å². The Labute approximate surface area is 104 Å². The van der Waals surface area contributed by atoms with Crippen LogP contribution in [0.1, 0.15) is 0 Å². The lowest BCUT2D eigenvalue weighted by Gasteiger charge is -2.07. The van der Waals surface area contributed by atoms with Crippen molar-refractivity contribution in [3.05, 3.63) is 60.5 Å². The highest BCUT2D eigenvalue weighted by Crippen LogP contribution is 2.28. The van der Waals surface area contributed by atoms with E-state index in [9.17, 15) is 4.39 Å². The molecule has 0 saturated carbocycles. The molecule has 1 heterocycles. The number of aromatic nitrogens is 1. The highest BCUT2D eigenvalue weighted by Gasteiger charge is 2.05. The summed E-state index contributed by atoms with van der Waals surface area (Å²) in [5.74, 6) is -0.291. The van der Waals surface area contributed by atoms with Crippen LogP contribution in [0.2, 0.25) is 0 Å². The molecule has 0 saturated heterocycles. The lowest BCUT2D eigenvalue weighted by molar-refractivity contribution is 0.628. The standard InChI is InChI=1S/C15H11FN2/c16-12-5-6-14(17)13(9-12)11-4-3-10-2-1-7-18-15(10)8-11/h1-9H,17H2. The Kier molecular flexibility index (Phi) is 2.45. The fraction of sp³-hybridized carbons (Fsp3) is 0. The van der Waals surface area contributed by atoms with Crippen LogP contribution in [-0.2, 0) is 0 Å². The zero-order valence-corrected chi connectivity index (χ0v) is 9.60. The van der Waals surface area contributed by atoms with Gasteiger partial charge in [0.1, 0.15) is 5.82 Å². The molecule has 88 valence electrons. The average Bonchev–Trinajstić information content (AvgIpc) is 2.41. The highest BCUT2D eigenvalue weighted by atomic mass is 19.1. The number of nitrogens with two attached hydrogens (primary N) is 1. The van der Waals surface area contributed by atoms with Gasteiger partial charge in [-0.15, -0.1) is 0 Å². The van der Waals surface area contributed by atoms with E-state index in [1.54, 1.807) is 12.3 Å². The molecule has 0 amide bonds. The first-order valence-electron chi connectivity index (χ1n) is 5.64. The van der Waals surface area contributed by atoms with Gasteiger partial charge in [0.05, 0.1) is 5.52 Å². The van der Waals surface area contributed by atoms with Gasteiger partial charge in [-0.2, -0.15) is 0 Å². The SMILES string of the molecule is Nc1ccc(F)cc1-c1ccc2cccnc2c1. The number of fused-ring (bicyclic) bond motifs is 1. The summed E-state index contributed by atoms with van der Waals surface area (Å²) >= 11 is 0. The quantitative estimate of drug-likeness (QED) is 0.657. The van der Waals surface area contributed by atoms with E-state index in [1.165, 1.54) is 12.1 Å². The largest absolute Gasteiger partial charge is 0.398 e. The number of halogens is 1. The Balaban J connectivity index is 2.22. The van der Waals surface area contributed by atoms with E-state index in [2.05, 4.69) is 4.98 Å². The minimum absolute atomic E-state index is 0.291. The average molecular weight is 238 g/mol. The summed E-state index contributed by atoms with van der Waals surface area (Å²) in [6.07, 6.45) is 1.74. The summed E-state index contributed by atoms with van der Waals surface area (Å²) < 4.78 is 13.3. The van der Waals surface area contributed by atoms with Gasteiger partial charge in [0, 0.05) is 22.8 Å². The van der Waals surface area contributed by atoms with Crippen LogP contribution in [0.15, 0.2) is 54.7 Å². The van der Waals surface area contributed by atoms with E-state index in [0.717, 1.165) is 16.5 Å². The van der Waals surface area contributed by atoms with E-state index in [1.807, 2.05) is 30.3 Å². The van der Waals surface area contributed by atoms with Gasteiger partial charge in [-0.3, -0.25) is 4.98 Å². The van der Waals surface area contributed by atoms with Crippen LogP contribution in [0.5, 0.6) is 0 Å². The zero-order chi connectivity index (χ0) is 12.5. The van der Waals surface area contributed by atoms with Crippen LogP contribution in [0.4, 0.5) is 10.1 Å². The smallest absolute Gasteiger partial charge is 0.123 e. The van der Waals surface area contributed by atoms with Gasteiger partial charge < -0.3 is 5.73 Å². The first-order chi connectivity index (χ1) is 8.74. The Morgan fingerprint density at radius 2 is 1.89 bits per heavy atom. The maximum Gasteiger partial charge on any atom is 0.123 e. The molecule has 1 aromatic heterocycles. The number of hydrogen-bond acceptors (Lipinski definition) is 2. The van der Waals surface area contributed by atoms with Crippen LogP contribution in [-0.4, -0.2) is 4.98 Å². The number of hydrogen-bond donors (Lipinski definition) is 1. The fourth-order valence-electron chi connectivity index (χ4n) is 2.01. The van der Waals surface area contributed by atoms with Gasteiger partial charge in [-0.1, -0.05) is 18.2 Å². The van der Waals surface area contributed by atoms with Gasteiger partial charge in [-0.25, -0.2) is 4.39 Å². The predicted molar refractivity (Wildman–Crippen MR) is 71.5 cm³/mol. The van der Waals surface area contributed by atoms with Crippen molar-refractivity contribution in [2.24, 2.45) is 0 Å². The molecule has 3 rings (SSSR count). The maximum absolute atomic E-state index is 13.3. The molecule has 18 heavy (non-hydrogen) atoms. The van der Waals surface area contributed by atoms with Gasteiger partial charge in [0.15, 0.2) is 0 Å². The molecule has 0 radical (unpaired) electrons. The minimum Gasteiger partial charge on any atom is -0.398 e. The first-order valence-corrected chi connectivity index (χ1v) is 5.64. The fourth-order valence-corrected chi connectivity index (χ4v) is 2.01. The van der Waals surface area contributed by atoms with Crippen LogP contribution >= 0.6 is 0 Å². The van der Waals surface area contributed by atoms with Crippen molar-refractivity contribution >= 4 is 16.6 Å². The number of pyridine rings is 1. The Morgan fingerprint density at radius 3 is 2.78 bits per heavy atom. The van der Waals surface area contributed by atoms with Crippen molar-refractivity contribution in [2.75, 3.05) is 5.73 Å². The topological polar surface area (TPSA) is 38.9 Å². The summed E-state index contributed by atoms with van der Waals surface area (Å²) in [5, 5.41) is 1.05. The third-order valence-corrected chi connectivity index (χ3v) is 2.93. The molecule has 0 spiro atoms. The van der Waals surface area contributed by atoms with Gasteiger partial charge in [0.2, 0.25) is 0 Å². The number of nitrogen functional groups attached to an aromatic ring is 1.